The first-order valence-electron chi connectivity index (χ1n) is 5.65. The molecule has 0 amide bonds. The van der Waals surface area contributed by atoms with Gasteiger partial charge in [0.05, 0.1) is 18.9 Å². The molecule has 0 radical (unpaired) electrons. The van der Waals surface area contributed by atoms with E-state index < -0.39 is 0 Å². The Morgan fingerprint density at radius 3 is 2.53 bits per heavy atom. The van der Waals surface area contributed by atoms with E-state index in [1.54, 1.807) is 0 Å². The van der Waals surface area contributed by atoms with Crippen LogP contribution in [0, 0.1) is 0 Å². The van der Waals surface area contributed by atoms with E-state index in [0.717, 1.165) is 0 Å². The summed E-state index contributed by atoms with van der Waals surface area (Å²) in [6.45, 7) is 3.71. The Morgan fingerprint density at radius 2 is 1.76 bits per heavy atom. The third-order valence-electron chi connectivity index (χ3n) is 2.08. The lowest BCUT2D eigenvalue weighted by atomic mass is 10.3. The highest BCUT2D eigenvalue weighted by Crippen LogP contribution is 2.19. The predicted molar refractivity (Wildman–Crippen MR) is 71.1 cm³/mol. The number of allylic oxidation sites excluding steroid dienone is 1. The van der Waals surface area contributed by atoms with E-state index in [2.05, 4.69) is 0 Å². The second kappa shape index (κ2) is 8.42. The van der Waals surface area contributed by atoms with Crippen molar-refractivity contribution in [2.75, 3.05) is 25.6 Å². The van der Waals surface area contributed by atoms with Crippen molar-refractivity contribution in [1.29, 1.82) is 0 Å². The predicted octanol–water partition coefficient (Wildman–Crippen LogP) is 2.80. The minimum Gasteiger partial charge on any atom is -0.487 e. The third-order valence-corrected chi connectivity index (χ3v) is 2.08. The second-order valence-corrected chi connectivity index (χ2v) is 3.43. The SMILES string of the molecule is C/C=C/COC/C=C\COc1ccccc1N. The molecule has 3 heteroatoms. The van der Waals surface area contributed by atoms with Gasteiger partial charge in [-0.1, -0.05) is 30.4 Å². The molecule has 0 saturated carbocycles. The summed E-state index contributed by atoms with van der Waals surface area (Å²) in [5, 5.41) is 0. The Kier molecular flexibility index (Phi) is 6.60. The van der Waals surface area contributed by atoms with Gasteiger partial charge < -0.3 is 15.2 Å². The number of hydrogen-bond donors (Lipinski definition) is 1. The molecule has 1 aromatic rings. The standard InChI is InChI=1S/C14H19NO2/c1-2-3-10-16-11-6-7-12-17-14-9-5-4-8-13(14)15/h2-9H,10-12,15H2,1H3/b3-2+,7-6-. The molecule has 0 unspecified atom stereocenters. The molecule has 0 heterocycles. The Labute approximate surface area is 103 Å². The summed E-state index contributed by atoms with van der Waals surface area (Å²) in [6.07, 6.45) is 7.78. The zero-order valence-electron chi connectivity index (χ0n) is 10.1. The van der Waals surface area contributed by atoms with E-state index in [9.17, 15) is 0 Å². The summed E-state index contributed by atoms with van der Waals surface area (Å²) >= 11 is 0. The molecule has 92 valence electrons. The molecule has 0 aliphatic heterocycles. The van der Waals surface area contributed by atoms with Crippen LogP contribution in [0.4, 0.5) is 5.69 Å². The van der Waals surface area contributed by atoms with Gasteiger partial charge in [-0.25, -0.2) is 0 Å². The fraction of sp³-hybridized carbons (Fsp3) is 0.286. The van der Waals surface area contributed by atoms with Crippen molar-refractivity contribution in [3.8, 4) is 5.75 Å². The van der Waals surface area contributed by atoms with Gasteiger partial charge in [0, 0.05) is 0 Å². The number of rotatable bonds is 7. The summed E-state index contributed by atoms with van der Waals surface area (Å²) in [6, 6.07) is 7.45. The fourth-order valence-electron chi connectivity index (χ4n) is 1.19. The fourth-order valence-corrected chi connectivity index (χ4v) is 1.19. The highest BCUT2D eigenvalue weighted by Gasteiger charge is 1.95. The number of anilines is 1. The van der Waals surface area contributed by atoms with Crippen molar-refractivity contribution in [3.05, 3.63) is 48.6 Å². The Morgan fingerprint density at radius 1 is 1.06 bits per heavy atom. The van der Waals surface area contributed by atoms with Crippen molar-refractivity contribution < 1.29 is 9.47 Å². The van der Waals surface area contributed by atoms with Crippen molar-refractivity contribution >= 4 is 5.69 Å². The summed E-state index contributed by atoms with van der Waals surface area (Å²) < 4.78 is 10.8. The van der Waals surface area contributed by atoms with Crippen molar-refractivity contribution in [2.45, 2.75) is 6.92 Å². The van der Waals surface area contributed by atoms with Gasteiger partial charge in [0.25, 0.3) is 0 Å². The summed E-state index contributed by atoms with van der Waals surface area (Å²) in [7, 11) is 0. The number of ether oxygens (including phenoxy) is 2. The van der Waals surface area contributed by atoms with Crippen LogP contribution in [0.2, 0.25) is 0 Å². The maximum atomic E-state index is 5.73. The lowest BCUT2D eigenvalue weighted by Crippen LogP contribution is -1.98. The zero-order valence-corrected chi connectivity index (χ0v) is 10.1. The van der Waals surface area contributed by atoms with Crippen LogP contribution in [0.15, 0.2) is 48.6 Å². The second-order valence-electron chi connectivity index (χ2n) is 3.43. The molecule has 0 aromatic heterocycles. The monoisotopic (exact) mass is 233 g/mol. The molecule has 0 bridgehead atoms. The van der Waals surface area contributed by atoms with Gasteiger partial charge in [-0.2, -0.15) is 0 Å². The van der Waals surface area contributed by atoms with Gasteiger partial charge in [0.1, 0.15) is 12.4 Å². The van der Waals surface area contributed by atoms with E-state index in [0.29, 0.717) is 31.3 Å². The quantitative estimate of drug-likeness (QED) is 0.447. The lowest BCUT2D eigenvalue weighted by Gasteiger charge is -2.05. The van der Waals surface area contributed by atoms with Gasteiger partial charge in [-0.3, -0.25) is 0 Å². The Balaban J connectivity index is 2.15. The number of hydrogen-bond acceptors (Lipinski definition) is 3. The largest absolute Gasteiger partial charge is 0.487 e. The molecule has 0 atom stereocenters. The van der Waals surface area contributed by atoms with Crippen molar-refractivity contribution in [3.63, 3.8) is 0 Å². The number of benzene rings is 1. The average molecular weight is 233 g/mol. The lowest BCUT2D eigenvalue weighted by molar-refractivity contribution is 0.193. The third kappa shape index (κ3) is 5.78. The van der Waals surface area contributed by atoms with Crippen LogP contribution in [0.1, 0.15) is 6.92 Å². The van der Waals surface area contributed by atoms with Gasteiger partial charge in [-0.05, 0) is 25.1 Å². The number of para-hydroxylation sites is 2. The molecule has 0 saturated heterocycles. The minimum absolute atomic E-state index is 0.501. The molecule has 1 rings (SSSR count). The first kappa shape index (κ1) is 13.3. The van der Waals surface area contributed by atoms with E-state index in [-0.39, 0.29) is 0 Å². The molecule has 17 heavy (non-hydrogen) atoms. The van der Waals surface area contributed by atoms with Gasteiger partial charge in [0.15, 0.2) is 0 Å². The van der Waals surface area contributed by atoms with Gasteiger partial charge >= 0.3 is 0 Å². The summed E-state index contributed by atoms with van der Waals surface area (Å²) in [5.41, 5.74) is 6.39. The van der Waals surface area contributed by atoms with E-state index >= 15 is 0 Å². The van der Waals surface area contributed by atoms with Crippen LogP contribution in [0.3, 0.4) is 0 Å². The molecule has 0 fully saturated rings. The maximum Gasteiger partial charge on any atom is 0.142 e. The maximum absolute atomic E-state index is 5.73. The van der Waals surface area contributed by atoms with Crippen LogP contribution >= 0.6 is 0 Å². The van der Waals surface area contributed by atoms with Crippen molar-refractivity contribution in [1.82, 2.24) is 0 Å². The van der Waals surface area contributed by atoms with Crippen LogP contribution in [0.25, 0.3) is 0 Å². The van der Waals surface area contributed by atoms with E-state index in [1.165, 1.54) is 0 Å². The van der Waals surface area contributed by atoms with Crippen LogP contribution in [0.5, 0.6) is 5.75 Å². The molecular weight excluding hydrogens is 214 g/mol. The van der Waals surface area contributed by atoms with Crippen LogP contribution in [-0.2, 0) is 4.74 Å². The smallest absolute Gasteiger partial charge is 0.142 e. The van der Waals surface area contributed by atoms with Crippen LogP contribution < -0.4 is 10.5 Å². The Bertz CT molecular complexity index is 372. The van der Waals surface area contributed by atoms with E-state index in [1.807, 2.05) is 55.5 Å². The minimum atomic E-state index is 0.501. The first-order valence-corrected chi connectivity index (χ1v) is 5.65. The topological polar surface area (TPSA) is 44.5 Å². The highest BCUT2D eigenvalue weighted by atomic mass is 16.5. The van der Waals surface area contributed by atoms with Crippen LogP contribution in [-0.4, -0.2) is 19.8 Å². The van der Waals surface area contributed by atoms with Crippen molar-refractivity contribution in [2.24, 2.45) is 0 Å². The normalized spacial score (nSPS) is 11.4. The zero-order chi connectivity index (χ0) is 12.3. The summed E-state index contributed by atoms with van der Waals surface area (Å²) in [4.78, 5) is 0. The molecular formula is C14H19NO2. The molecule has 1 aromatic carbocycles. The summed E-state index contributed by atoms with van der Waals surface area (Å²) in [5.74, 6) is 0.715. The average Bonchev–Trinajstić information content (AvgIpc) is 2.35. The Hall–Kier alpha value is -1.74. The highest BCUT2D eigenvalue weighted by molar-refractivity contribution is 5.51. The van der Waals surface area contributed by atoms with Gasteiger partial charge in [0.2, 0.25) is 0 Å². The molecule has 3 nitrogen and oxygen atoms in total. The molecule has 0 aliphatic rings. The molecule has 0 spiro atoms. The molecule has 2 N–H and O–H groups in total. The molecule has 0 aliphatic carbocycles. The van der Waals surface area contributed by atoms with E-state index in [4.69, 9.17) is 15.2 Å². The number of nitrogens with two attached hydrogens (primary N) is 1. The van der Waals surface area contributed by atoms with Gasteiger partial charge in [-0.15, -0.1) is 0 Å². The first-order chi connectivity index (χ1) is 8.34. The number of nitrogen functional groups attached to an aromatic ring is 1.